The van der Waals surface area contributed by atoms with Crippen LogP contribution in [0.25, 0.3) is 0 Å². The number of ether oxygens (including phenoxy) is 1. The zero-order valence-electron chi connectivity index (χ0n) is 9.50. The predicted octanol–water partition coefficient (Wildman–Crippen LogP) is 3.33. The molecule has 2 rings (SSSR count). The molecule has 0 atom stereocenters. The summed E-state index contributed by atoms with van der Waals surface area (Å²) >= 11 is 5.93. The summed E-state index contributed by atoms with van der Waals surface area (Å²) in [4.78, 5) is 0. The molecule has 0 radical (unpaired) electrons. The Morgan fingerprint density at radius 3 is 2.69 bits per heavy atom. The Hall–Kier alpha value is -0.730. The predicted molar refractivity (Wildman–Crippen MR) is 65.1 cm³/mol. The maximum absolute atomic E-state index is 10.1. The van der Waals surface area contributed by atoms with Crippen LogP contribution in [0.5, 0.6) is 5.75 Å². The molecule has 0 amide bonds. The molecule has 16 heavy (non-hydrogen) atoms. The van der Waals surface area contributed by atoms with Crippen molar-refractivity contribution in [3.63, 3.8) is 0 Å². The van der Waals surface area contributed by atoms with Gasteiger partial charge in [-0.25, -0.2) is 0 Å². The van der Waals surface area contributed by atoms with Gasteiger partial charge in [-0.2, -0.15) is 0 Å². The molecule has 1 aliphatic rings. The minimum atomic E-state index is -0.618. The van der Waals surface area contributed by atoms with E-state index in [0.29, 0.717) is 6.61 Å². The fourth-order valence-corrected chi connectivity index (χ4v) is 2.22. The van der Waals surface area contributed by atoms with Crippen LogP contribution in [0.1, 0.15) is 31.2 Å². The molecule has 1 aromatic rings. The Kier molecular flexibility index (Phi) is 3.41. The first-order valence-electron chi connectivity index (χ1n) is 5.70. The van der Waals surface area contributed by atoms with E-state index in [2.05, 4.69) is 0 Å². The monoisotopic (exact) mass is 240 g/mol. The Bertz CT molecular complexity index is 370. The summed E-state index contributed by atoms with van der Waals surface area (Å²) in [5.41, 5.74) is 0.380. The van der Waals surface area contributed by atoms with Crippen LogP contribution < -0.4 is 4.74 Å². The van der Waals surface area contributed by atoms with Crippen molar-refractivity contribution >= 4 is 11.6 Å². The van der Waals surface area contributed by atoms with Crippen molar-refractivity contribution in [1.82, 2.24) is 0 Å². The van der Waals surface area contributed by atoms with Crippen LogP contribution in [0.15, 0.2) is 18.2 Å². The van der Waals surface area contributed by atoms with E-state index in [9.17, 15) is 5.11 Å². The van der Waals surface area contributed by atoms with Crippen LogP contribution in [0.2, 0.25) is 5.02 Å². The zero-order valence-corrected chi connectivity index (χ0v) is 10.3. The summed E-state index contributed by atoms with van der Waals surface area (Å²) in [6.07, 6.45) is 3.89. The van der Waals surface area contributed by atoms with Crippen LogP contribution >= 0.6 is 11.6 Å². The Morgan fingerprint density at radius 2 is 2.06 bits per heavy atom. The average Bonchev–Trinajstić information content (AvgIpc) is 2.68. The van der Waals surface area contributed by atoms with E-state index < -0.39 is 5.60 Å². The molecular weight excluding hydrogens is 224 g/mol. The molecule has 0 spiro atoms. The number of aryl methyl sites for hydroxylation is 1. The lowest BCUT2D eigenvalue weighted by Crippen LogP contribution is -2.32. The zero-order chi connectivity index (χ0) is 11.6. The standard InChI is InChI=1S/C13H17ClO2/c1-10-8-11(4-5-12(10)14)16-9-13(15)6-2-3-7-13/h4-5,8,15H,2-3,6-7,9H2,1H3. The highest BCUT2D eigenvalue weighted by Crippen LogP contribution is 2.30. The van der Waals surface area contributed by atoms with E-state index in [4.69, 9.17) is 16.3 Å². The van der Waals surface area contributed by atoms with Gasteiger partial charge in [0, 0.05) is 5.02 Å². The highest BCUT2D eigenvalue weighted by atomic mass is 35.5. The van der Waals surface area contributed by atoms with Gasteiger partial charge in [0.2, 0.25) is 0 Å². The van der Waals surface area contributed by atoms with Gasteiger partial charge in [-0.15, -0.1) is 0 Å². The first-order chi connectivity index (χ1) is 7.59. The second-order valence-corrected chi connectivity index (χ2v) is 5.04. The largest absolute Gasteiger partial charge is 0.491 e. The van der Waals surface area contributed by atoms with Crippen LogP contribution in [-0.4, -0.2) is 17.3 Å². The number of halogens is 1. The van der Waals surface area contributed by atoms with E-state index in [-0.39, 0.29) is 0 Å². The SMILES string of the molecule is Cc1cc(OCC2(O)CCCC2)ccc1Cl. The van der Waals surface area contributed by atoms with Crippen molar-refractivity contribution in [2.45, 2.75) is 38.2 Å². The molecule has 1 N–H and O–H groups in total. The van der Waals surface area contributed by atoms with Gasteiger partial charge in [0.05, 0.1) is 5.60 Å². The molecule has 1 aliphatic carbocycles. The van der Waals surface area contributed by atoms with Crippen LogP contribution in [0.4, 0.5) is 0 Å². The summed E-state index contributed by atoms with van der Waals surface area (Å²) < 4.78 is 5.62. The highest BCUT2D eigenvalue weighted by Gasteiger charge is 2.31. The topological polar surface area (TPSA) is 29.5 Å². The van der Waals surface area contributed by atoms with Gasteiger partial charge in [0.1, 0.15) is 12.4 Å². The molecule has 2 nitrogen and oxygen atoms in total. The number of benzene rings is 1. The van der Waals surface area contributed by atoms with E-state index in [1.54, 1.807) is 0 Å². The molecule has 1 aromatic carbocycles. The quantitative estimate of drug-likeness (QED) is 0.878. The fraction of sp³-hybridized carbons (Fsp3) is 0.538. The maximum Gasteiger partial charge on any atom is 0.119 e. The average molecular weight is 241 g/mol. The molecule has 0 aliphatic heterocycles. The number of rotatable bonds is 3. The van der Waals surface area contributed by atoms with Crippen molar-refractivity contribution in [3.05, 3.63) is 28.8 Å². The molecular formula is C13H17ClO2. The minimum absolute atomic E-state index is 0.383. The smallest absolute Gasteiger partial charge is 0.119 e. The maximum atomic E-state index is 10.1. The van der Waals surface area contributed by atoms with E-state index >= 15 is 0 Å². The first-order valence-corrected chi connectivity index (χ1v) is 6.08. The van der Waals surface area contributed by atoms with Crippen molar-refractivity contribution in [1.29, 1.82) is 0 Å². The van der Waals surface area contributed by atoms with Gasteiger partial charge >= 0.3 is 0 Å². The van der Waals surface area contributed by atoms with Crippen molar-refractivity contribution < 1.29 is 9.84 Å². The highest BCUT2D eigenvalue weighted by molar-refractivity contribution is 6.31. The van der Waals surface area contributed by atoms with Crippen molar-refractivity contribution in [2.75, 3.05) is 6.61 Å². The third-order valence-corrected chi connectivity index (χ3v) is 3.60. The molecule has 0 bridgehead atoms. The first kappa shape index (κ1) is 11.7. The minimum Gasteiger partial charge on any atom is -0.491 e. The normalized spacial score (nSPS) is 18.7. The summed E-state index contributed by atoms with van der Waals surface area (Å²) in [7, 11) is 0. The molecule has 1 saturated carbocycles. The lowest BCUT2D eigenvalue weighted by Gasteiger charge is -2.22. The summed E-state index contributed by atoms with van der Waals surface area (Å²) in [5.74, 6) is 0.780. The number of hydrogen-bond acceptors (Lipinski definition) is 2. The number of aliphatic hydroxyl groups is 1. The van der Waals surface area contributed by atoms with Crippen molar-refractivity contribution in [3.8, 4) is 5.75 Å². The van der Waals surface area contributed by atoms with Gasteiger partial charge in [-0.05, 0) is 43.5 Å². The van der Waals surface area contributed by atoms with Gasteiger partial charge in [0.15, 0.2) is 0 Å². The summed E-state index contributed by atoms with van der Waals surface area (Å²) in [6, 6.07) is 5.57. The lowest BCUT2D eigenvalue weighted by molar-refractivity contribution is 0.00139. The second-order valence-electron chi connectivity index (χ2n) is 4.63. The van der Waals surface area contributed by atoms with Gasteiger partial charge in [-0.3, -0.25) is 0 Å². The van der Waals surface area contributed by atoms with E-state index in [0.717, 1.165) is 42.0 Å². The Morgan fingerprint density at radius 1 is 1.38 bits per heavy atom. The van der Waals surface area contributed by atoms with Crippen LogP contribution in [-0.2, 0) is 0 Å². The molecule has 0 saturated heterocycles. The van der Waals surface area contributed by atoms with E-state index in [1.807, 2.05) is 25.1 Å². The third kappa shape index (κ3) is 2.69. The third-order valence-electron chi connectivity index (χ3n) is 3.17. The lowest BCUT2D eigenvalue weighted by atomic mass is 10.0. The number of hydrogen-bond donors (Lipinski definition) is 1. The molecule has 0 aromatic heterocycles. The Balaban J connectivity index is 1.96. The van der Waals surface area contributed by atoms with E-state index in [1.165, 1.54) is 0 Å². The van der Waals surface area contributed by atoms with Crippen LogP contribution in [0, 0.1) is 6.92 Å². The van der Waals surface area contributed by atoms with Crippen molar-refractivity contribution in [2.24, 2.45) is 0 Å². The summed E-state index contributed by atoms with van der Waals surface area (Å²) in [6.45, 7) is 2.33. The molecule has 0 unspecified atom stereocenters. The van der Waals surface area contributed by atoms with Crippen LogP contribution in [0.3, 0.4) is 0 Å². The molecule has 0 heterocycles. The molecule has 1 fully saturated rings. The Labute approximate surface area is 101 Å². The fourth-order valence-electron chi connectivity index (χ4n) is 2.10. The van der Waals surface area contributed by atoms with Gasteiger partial charge < -0.3 is 9.84 Å². The molecule has 88 valence electrons. The molecule has 3 heteroatoms. The van der Waals surface area contributed by atoms with Gasteiger partial charge in [0.25, 0.3) is 0 Å². The second kappa shape index (κ2) is 4.64. The summed E-state index contributed by atoms with van der Waals surface area (Å²) in [5, 5.41) is 10.9. The van der Waals surface area contributed by atoms with Gasteiger partial charge in [-0.1, -0.05) is 24.4 Å².